The predicted molar refractivity (Wildman–Crippen MR) is 85.3 cm³/mol. The lowest BCUT2D eigenvalue weighted by atomic mass is 9.68. The second kappa shape index (κ2) is 8.90. The van der Waals surface area contributed by atoms with Gasteiger partial charge in [-0.2, -0.15) is 8.78 Å². The molecule has 2 heteroatoms. The highest BCUT2D eigenvalue weighted by Gasteiger charge is 2.30. The summed E-state index contributed by atoms with van der Waals surface area (Å²) in [5.41, 5.74) is 0. The second-order valence-corrected chi connectivity index (χ2v) is 7.43. The van der Waals surface area contributed by atoms with Crippen molar-refractivity contribution in [1.29, 1.82) is 0 Å². The minimum atomic E-state index is -1.50. The summed E-state index contributed by atoms with van der Waals surface area (Å²) in [5, 5.41) is 0. The summed E-state index contributed by atoms with van der Waals surface area (Å²) >= 11 is 0. The van der Waals surface area contributed by atoms with Gasteiger partial charge >= 0.3 is 0 Å². The van der Waals surface area contributed by atoms with E-state index in [-0.39, 0.29) is 0 Å². The molecule has 0 spiro atoms. The Balaban J connectivity index is 1.66. The molecular formula is C19H32F2. The van der Waals surface area contributed by atoms with Gasteiger partial charge in [0.25, 0.3) is 6.08 Å². The van der Waals surface area contributed by atoms with Gasteiger partial charge in [0.1, 0.15) is 0 Å². The molecule has 2 rings (SSSR count). The van der Waals surface area contributed by atoms with Crippen molar-refractivity contribution in [2.75, 3.05) is 0 Å². The lowest BCUT2D eigenvalue weighted by Crippen LogP contribution is -2.25. The van der Waals surface area contributed by atoms with Gasteiger partial charge in [0, 0.05) is 0 Å². The Morgan fingerprint density at radius 1 is 0.857 bits per heavy atom. The van der Waals surface area contributed by atoms with Crippen LogP contribution in [0.2, 0.25) is 0 Å². The standard InChI is InChI=1S/C19H32F2/c1-2-3-4-15-5-10-17(11-6-15)18-12-7-16(8-13-18)9-14-19(20)21/h14-18H,2-13H2,1H3/t15-,16-,17-,18-. The van der Waals surface area contributed by atoms with E-state index in [4.69, 9.17) is 0 Å². The Hall–Kier alpha value is -0.400. The number of halogens is 2. The first-order valence-corrected chi connectivity index (χ1v) is 9.20. The SMILES string of the molecule is CCCC[C@H]1CC[C@H]([C@H]2CC[C@H](CC=C(F)F)CC2)CC1. The van der Waals surface area contributed by atoms with Gasteiger partial charge in [-0.05, 0) is 74.7 Å². The van der Waals surface area contributed by atoms with Gasteiger partial charge in [0.15, 0.2) is 0 Å². The molecule has 0 aliphatic heterocycles. The largest absolute Gasteiger partial charge is 0.266 e. The zero-order chi connectivity index (χ0) is 15.1. The fourth-order valence-electron chi connectivity index (χ4n) is 4.59. The van der Waals surface area contributed by atoms with Gasteiger partial charge in [-0.15, -0.1) is 0 Å². The fourth-order valence-corrected chi connectivity index (χ4v) is 4.59. The third-order valence-corrected chi connectivity index (χ3v) is 6.02. The van der Waals surface area contributed by atoms with E-state index in [1.165, 1.54) is 70.6 Å². The van der Waals surface area contributed by atoms with Crippen LogP contribution in [0.5, 0.6) is 0 Å². The Bertz CT molecular complexity index is 304. The molecule has 2 aliphatic carbocycles. The number of hydrogen-bond donors (Lipinski definition) is 0. The van der Waals surface area contributed by atoms with Crippen molar-refractivity contribution in [3.8, 4) is 0 Å². The highest BCUT2D eigenvalue weighted by Crippen LogP contribution is 2.42. The van der Waals surface area contributed by atoms with E-state index in [1.807, 2.05) is 0 Å². The molecule has 0 unspecified atom stereocenters. The predicted octanol–water partition coefficient (Wildman–Crippen LogP) is 6.96. The van der Waals surface area contributed by atoms with E-state index in [1.54, 1.807) is 0 Å². The van der Waals surface area contributed by atoms with Gasteiger partial charge in [0.05, 0.1) is 0 Å². The lowest BCUT2D eigenvalue weighted by Gasteiger charge is -2.37. The number of unbranched alkanes of at least 4 members (excludes halogenated alkanes) is 1. The quantitative estimate of drug-likeness (QED) is 0.497. The summed E-state index contributed by atoms with van der Waals surface area (Å²) < 4.78 is 24.3. The third-order valence-electron chi connectivity index (χ3n) is 6.02. The zero-order valence-corrected chi connectivity index (χ0v) is 13.6. The summed E-state index contributed by atoms with van der Waals surface area (Å²) in [4.78, 5) is 0. The summed E-state index contributed by atoms with van der Waals surface area (Å²) in [6.07, 6.45) is 15.1. The fraction of sp³-hybridized carbons (Fsp3) is 0.895. The average Bonchev–Trinajstić information content (AvgIpc) is 2.52. The molecule has 0 aromatic heterocycles. The van der Waals surface area contributed by atoms with Gasteiger partial charge in [0.2, 0.25) is 0 Å². The monoisotopic (exact) mass is 298 g/mol. The van der Waals surface area contributed by atoms with E-state index in [0.717, 1.165) is 23.8 Å². The second-order valence-electron chi connectivity index (χ2n) is 7.43. The van der Waals surface area contributed by atoms with Crippen LogP contribution in [-0.2, 0) is 0 Å². The van der Waals surface area contributed by atoms with Crippen LogP contribution in [-0.4, -0.2) is 0 Å². The molecule has 0 bridgehead atoms. The topological polar surface area (TPSA) is 0 Å². The van der Waals surface area contributed by atoms with Gasteiger partial charge < -0.3 is 0 Å². The Kier molecular flexibility index (Phi) is 7.19. The molecule has 0 N–H and O–H groups in total. The van der Waals surface area contributed by atoms with Gasteiger partial charge in [-0.1, -0.05) is 39.0 Å². The van der Waals surface area contributed by atoms with E-state index >= 15 is 0 Å². The smallest absolute Gasteiger partial charge is 0.174 e. The van der Waals surface area contributed by atoms with Crippen molar-refractivity contribution < 1.29 is 8.78 Å². The van der Waals surface area contributed by atoms with Gasteiger partial charge in [-0.25, -0.2) is 0 Å². The Morgan fingerprint density at radius 2 is 1.38 bits per heavy atom. The van der Waals surface area contributed by atoms with Crippen molar-refractivity contribution in [2.45, 2.75) is 84.0 Å². The molecule has 0 atom stereocenters. The van der Waals surface area contributed by atoms with Crippen LogP contribution in [0.15, 0.2) is 12.2 Å². The lowest BCUT2D eigenvalue weighted by molar-refractivity contribution is 0.143. The molecule has 122 valence electrons. The first-order chi connectivity index (χ1) is 10.2. The molecule has 0 amide bonds. The molecule has 0 heterocycles. The molecular weight excluding hydrogens is 266 g/mol. The van der Waals surface area contributed by atoms with Crippen LogP contribution in [0.25, 0.3) is 0 Å². The first kappa shape index (κ1) is 17.0. The number of allylic oxidation sites excluding steroid dienone is 1. The van der Waals surface area contributed by atoms with E-state index < -0.39 is 6.08 Å². The van der Waals surface area contributed by atoms with E-state index in [2.05, 4.69) is 6.92 Å². The van der Waals surface area contributed by atoms with Crippen molar-refractivity contribution in [3.05, 3.63) is 12.2 Å². The summed E-state index contributed by atoms with van der Waals surface area (Å²) in [7, 11) is 0. The average molecular weight is 298 g/mol. The van der Waals surface area contributed by atoms with Crippen molar-refractivity contribution in [1.82, 2.24) is 0 Å². The van der Waals surface area contributed by atoms with Crippen LogP contribution in [0.1, 0.15) is 84.0 Å². The Labute approximate surface area is 129 Å². The van der Waals surface area contributed by atoms with E-state index in [0.29, 0.717) is 12.3 Å². The zero-order valence-electron chi connectivity index (χ0n) is 13.6. The maximum atomic E-state index is 12.1. The first-order valence-electron chi connectivity index (χ1n) is 9.20. The maximum absolute atomic E-state index is 12.1. The molecule has 21 heavy (non-hydrogen) atoms. The van der Waals surface area contributed by atoms with Crippen LogP contribution in [0.3, 0.4) is 0 Å². The summed E-state index contributed by atoms with van der Waals surface area (Å²) in [6, 6.07) is 0. The third kappa shape index (κ3) is 5.71. The number of hydrogen-bond acceptors (Lipinski definition) is 0. The van der Waals surface area contributed by atoms with Gasteiger partial charge in [-0.3, -0.25) is 0 Å². The van der Waals surface area contributed by atoms with Crippen molar-refractivity contribution in [3.63, 3.8) is 0 Å². The molecule has 0 aromatic rings. The minimum absolute atomic E-state index is 0.517. The molecule has 0 radical (unpaired) electrons. The number of rotatable bonds is 6. The normalized spacial score (nSPS) is 33.7. The highest BCUT2D eigenvalue weighted by atomic mass is 19.3. The molecule has 0 saturated heterocycles. The minimum Gasteiger partial charge on any atom is -0.174 e. The molecule has 2 saturated carbocycles. The van der Waals surface area contributed by atoms with Crippen molar-refractivity contribution in [2.24, 2.45) is 23.7 Å². The molecule has 2 aliphatic rings. The molecule has 0 nitrogen and oxygen atoms in total. The van der Waals surface area contributed by atoms with E-state index in [9.17, 15) is 8.78 Å². The Morgan fingerprint density at radius 3 is 1.86 bits per heavy atom. The van der Waals surface area contributed by atoms with Crippen LogP contribution in [0, 0.1) is 23.7 Å². The molecule has 2 fully saturated rings. The summed E-state index contributed by atoms with van der Waals surface area (Å²) in [6.45, 7) is 2.29. The highest BCUT2D eigenvalue weighted by molar-refractivity contribution is 4.87. The molecule has 0 aromatic carbocycles. The van der Waals surface area contributed by atoms with Crippen molar-refractivity contribution >= 4 is 0 Å². The maximum Gasteiger partial charge on any atom is 0.266 e. The van der Waals surface area contributed by atoms with Crippen LogP contribution < -0.4 is 0 Å². The van der Waals surface area contributed by atoms with Crippen LogP contribution >= 0.6 is 0 Å². The summed E-state index contributed by atoms with van der Waals surface area (Å²) in [5.74, 6) is 3.35. The van der Waals surface area contributed by atoms with Crippen LogP contribution in [0.4, 0.5) is 8.78 Å².